The van der Waals surface area contributed by atoms with Gasteiger partial charge in [-0.3, -0.25) is 0 Å². The SMILES string of the molecule is CCC(C)NS(=O)(=O)Cc1noc2ccccc12. The van der Waals surface area contributed by atoms with Crippen LogP contribution < -0.4 is 4.72 Å². The van der Waals surface area contributed by atoms with Crippen LogP contribution in [0.4, 0.5) is 0 Å². The van der Waals surface area contributed by atoms with E-state index in [2.05, 4.69) is 9.88 Å². The molecule has 0 fully saturated rings. The van der Waals surface area contributed by atoms with Crippen LogP contribution in [0.5, 0.6) is 0 Å². The van der Waals surface area contributed by atoms with Gasteiger partial charge in [0.2, 0.25) is 10.0 Å². The number of aromatic nitrogens is 1. The second kappa shape index (κ2) is 5.07. The number of rotatable bonds is 5. The molecule has 5 nitrogen and oxygen atoms in total. The molecular weight excluding hydrogens is 252 g/mol. The molecule has 1 aromatic carbocycles. The summed E-state index contributed by atoms with van der Waals surface area (Å²) in [4.78, 5) is 0. The quantitative estimate of drug-likeness (QED) is 0.900. The van der Waals surface area contributed by atoms with E-state index in [1.807, 2.05) is 26.0 Å². The molecule has 6 heteroatoms. The van der Waals surface area contributed by atoms with Crippen molar-refractivity contribution in [3.8, 4) is 0 Å². The molecule has 0 aliphatic rings. The molecule has 1 N–H and O–H groups in total. The lowest BCUT2D eigenvalue weighted by Gasteiger charge is -2.10. The van der Waals surface area contributed by atoms with Gasteiger partial charge in [0.1, 0.15) is 11.4 Å². The fraction of sp³-hybridized carbons (Fsp3) is 0.417. The summed E-state index contributed by atoms with van der Waals surface area (Å²) in [5.74, 6) is -0.158. The number of nitrogens with one attached hydrogen (secondary N) is 1. The molecule has 0 spiro atoms. The van der Waals surface area contributed by atoms with Gasteiger partial charge in [0.05, 0.1) is 0 Å². The lowest BCUT2D eigenvalue weighted by atomic mass is 10.2. The summed E-state index contributed by atoms with van der Waals surface area (Å²) in [6, 6.07) is 7.15. The average molecular weight is 268 g/mol. The zero-order chi connectivity index (χ0) is 13.2. The fourth-order valence-electron chi connectivity index (χ4n) is 1.65. The number of nitrogens with zero attached hydrogens (tertiary/aromatic N) is 1. The van der Waals surface area contributed by atoms with E-state index in [9.17, 15) is 8.42 Å². The van der Waals surface area contributed by atoms with Crippen LogP contribution in [0.15, 0.2) is 28.8 Å². The van der Waals surface area contributed by atoms with Gasteiger partial charge < -0.3 is 4.52 Å². The van der Waals surface area contributed by atoms with Gasteiger partial charge in [-0.2, -0.15) is 0 Å². The number of fused-ring (bicyclic) bond motifs is 1. The van der Waals surface area contributed by atoms with Crippen LogP contribution in [0.25, 0.3) is 11.0 Å². The largest absolute Gasteiger partial charge is 0.356 e. The zero-order valence-electron chi connectivity index (χ0n) is 10.4. The maximum absolute atomic E-state index is 11.9. The Morgan fingerprint density at radius 3 is 2.83 bits per heavy atom. The Kier molecular flexibility index (Phi) is 3.68. The second-order valence-electron chi connectivity index (χ2n) is 4.31. The highest BCUT2D eigenvalue weighted by Gasteiger charge is 2.18. The topological polar surface area (TPSA) is 72.2 Å². The van der Waals surface area contributed by atoms with E-state index in [1.54, 1.807) is 12.1 Å². The van der Waals surface area contributed by atoms with Gasteiger partial charge in [-0.05, 0) is 25.5 Å². The molecular formula is C12H16N2O3S. The van der Waals surface area contributed by atoms with Crippen molar-refractivity contribution >= 4 is 21.0 Å². The van der Waals surface area contributed by atoms with E-state index >= 15 is 0 Å². The van der Waals surface area contributed by atoms with Crippen LogP contribution in [-0.2, 0) is 15.8 Å². The molecule has 1 atom stereocenters. The first-order chi connectivity index (χ1) is 8.52. The van der Waals surface area contributed by atoms with Gasteiger partial charge in [-0.15, -0.1) is 0 Å². The number of benzene rings is 1. The van der Waals surface area contributed by atoms with Crippen LogP contribution in [0, 0.1) is 0 Å². The molecule has 0 saturated heterocycles. The van der Waals surface area contributed by atoms with Gasteiger partial charge >= 0.3 is 0 Å². The Morgan fingerprint density at radius 1 is 1.39 bits per heavy atom. The van der Waals surface area contributed by atoms with Crippen LogP contribution in [-0.4, -0.2) is 19.6 Å². The second-order valence-corrected chi connectivity index (χ2v) is 6.07. The standard InChI is InChI=1S/C12H16N2O3S/c1-3-9(2)14-18(15,16)8-11-10-6-4-5-7-12(10)17-13-11/h4-7,9,14H,3,8H2,1-2H3. The Morgan fingerprint density at radius 2 is 2.11 bits per heavy atom. The lowest BCUT2D eigenvalue weighted by molar-refractivity contribution is 0.448. The first kappa shape index (κ1) is 13.0. The normalized spacial score (nSPS) is 13.9. The maximum Gasteiger partial charge on any atom is 0.217 e. The van der Waals surface area contributed by atoms with E-state index in [0.29, 0.717) is 11.3 Å². The molecule has 0 radical (unpaired) electrons. The van der Waals surface area contributed by atoms with E-state index < -0.39 is 10.0 Å². The third-order valence-electron chi connectivity index (χ3n) is 2.77. The fourth-order valence-corrected chi connectivity index (χ4v) is 3.08. The van der Waals surface area contributed by atoms with Crippen molar-refractivity contribution in [2.75, 3.05) is 0 Å². The highest BCUT2D eigenvalue weighted by Crippen LogP contribution is 2.19. The van der Waals surface area contributed by atoms with Crippen molar-refractivity contribution in [2.24, 2.45) is 0 Å². The molecule has 2 aromatic rings. The van der Waals surface area contributed by atoms with Crippen molar-refractivity contribution in [2.45, 2.75) is 32.1 Å². The minimum absolute atomic E-state index is 0.0758. The summed E-state index contributed by atoms with van der Waals surface area (Å²) in [7, 11) is -3.38. The van der Waals surface area contributed by atoms with Gasteiger partial charge in [0.25, 0.3) is 0 Å². The third-order valence-corrected chi connectivity index (χ3v) is 4.19. The molecule has 0 aliphatic heterocycles. The summed E-state index contributed by atoms with van der Waals surface area (Å²) in [6.07, 6.45) is 0.749. The van der Waals surface area contributed by atoms with E-state index in [-0.39, 0.29) is 11.8 Å². The van der Waals surface area contributed by atoms with Crippen LogP contribution >= 0.6 is 0 Å². The summed E-state index contributed by atoms with van der Waals surface area (Å²) < 4.78 is 31.5. The molecule has 0 amide bonds. The summed E-state index contributed by atoms with van der Waals surface area (Å²) in [5, 5.41) is 4.56. The maximum atomic E-state index is 11.9. The van der Waals surface area contributed by atoms with Crippen LogP contribution in [0.2, 0.25) is 0 Å². The minimum atomic E-state index is -3.38. The Balaban J connectivity index is 2.23. The number of para-hydroxylation sites is 1. The summed E-state index contributed by atoms with van der Waals surface area (Å²) in [6.45, 7) is 3.76. The molecule has 0 aliphatic carbocycles. The van der Waals surface area contributed by atoms with Crippen molar-refractivity contribution in [3.63, 3.8) is 0 Å². The first-order valence-corrected chi connectivity index (χ1v) is 7.50. The molecule has 0 bridgehead atoms. The third kappa shape index (κ3) is 2.88. The van der Waals surface area contributed by atoms with E-state index in [0.717, 1.165) is 11.8 Å². The predicted molar refractivity (Wildman–Crippen MR) is 69.5 cm³/mol. The molecule has 2 rings (SSSR count). The number of hydrogen-bond acceptors (Lipinski definition) is 4. The molecule has 0 saturated carbocycles. The highest BCUT2D eigenvalue weighted by atomic mass is 32.2. The van der Waals surface area contributed by atoms with Crippen molar-refractivity contribution in [1.29, 1.82) is 0 Å². The van der Waals surface area contributed by atoms with Crippen molar-refractivity contribution in [3.05, 3.63) is 30.0 Å². The minimum Gasteiger partial charge on any atom is -0.356 e. The zero-order valence-corrected chi connectivity index (χ0v) is 11.2. The Labute approximate surface area is 106 Å². The summed E-state index contributed by atoms with van der Waals surface area (Å²) in [5.41, 5.74) is 1.05. The molecule has 18 heavy (non-hydrogen) atoms. The van der Waals surface area contributed by atoms with Crippen molar-refractivity contribution < 1.29 is 12.9 Å². The van der Waals surface area contributed by atoms with Gasteiger partial charge in [-0.25, -0.2) is 13.1 Å². The number of hydrogen-bond donors (Lipinski definition) is 1. The predicted octanol–water partition coefficient (Wildman–Crippen LogP) is 2.05. The van der Waals surface area contributed by atoms with Gasteiger partial charge in [-0.1, -0.05) is 24.2 Å². The average Bonchev–Trinajstić information content (AvgIpc) is 2.71. The van der Waals surface area contributed by atoms with E-state index in [4.69, 9.17) is 4.52 Å². The smallest absolute Gasteiger partial charge is 0.217 e. The van der Waals surface area contributed by atoms with Gasteiger partial charge in [0.15, 0.2) is 5.58 Å². The van der Waals surface area contributed by atoms with Crippen LogP contribution in [0.3, 0.4) is 0 Å². The summed E-state index contributed by atoms with van der Waals surface area (Å²) >= 11 is 0. The molecule has 1 aromatic heterocycles. The molecule has 1 unspecified atom stereocenters. The first-order valence-electron chi connectivity index (χ1n) is 5.85. The lowest BCUT2D eigenvalue weighted by Crippen LogP contribution is -2.33. The number of sulfonamides is 1. The Bertz CT molecular complexity index is 634. The van der Waals surface area contributed by atoms with E-state index in [1.165, 1.54) is 0 Å². The van der Waals surface area contributed by atoms with Gasteiger partial charge in [0, 0.05) is 11.4 Å². The van der Waals surface area contributed by atoms with Crippen LogP contribution in [0.1, 0.15) is 26.0 Å². The molecule has 1 heterocycles. The highest BCUT2D eigenvalue weighted by molar-refractivity contribution is 7.88. The Hall–Kier alpha value is -1.40. The monoisotopic (exact) mass is 268 g/mol. The molecule has 98 valence electrons. The van der Waals surface area contributed by atoms with Crippen molar-refractivity contribution in [1.82, 2.24) is 9.88 Å².